The molecular formula is C23H17N3O2. The molecule has 0 saturated heterocycles. The SMILES string of the molecule is OCc1cccc(-c2ccc3nc(-c4cc(-c5ccccc5)no4)cn3c2)c1. The van der Waals surface area contributed by atoms with Crippen LogP contribution in [-0.2, 0) is 6.61 Å². The quantitative estimate of drug-likeness (QED) is 0.495. The highest BCUT2D eigenvalue weighted by Crippen LogP contribution is 2.27. The summed E-state index contributed by atoms with van der Waals surface area (Å²) >= 11 is 0. The van der Waals surface area contributed by atoms with Gasteiger partial charge in [0.1, 0.15) is 17.0 Å². The highest BCUT2D eigenvalue weighted by atomic mass is 16.5. The van der Waals surface area contributed by atoms with Gasteiger partial charge in [-0.2, -0.15) is 0 Å². The summed E-state index contributed by atoms with van der Waals surface area (Å²) in [6.07, 6.45) is 3.96. The van der Waals surface area contributed by atoms with E-state index in [1.807, 2.05) is 89.6 Å². The average molecular weight is 367 g/mol. The molecule has 0 spiro atoms. The van der Waals surface area contributed by atoms with Crippen LogP contribution in [0.4, 0.5) is 0 Å². The van der Waals surface area contributed by atoms with Gasteiger partial charge in [0.2, 0.25) is 0 Å². The third-order valence-electron chi connectivity index (χ3n) is 4.73. The lowest BCUT2D eigenvalue weighted by atomic mass is 10.1. The minimum absolute atomic E-state index is 0.0283. The van der Waals surface area contributed by atoms with Crippen molar-refractivity contribution in [3.63, 3.8) is 0 Å². The fourth-order valence-electron chi connectivity index (χ4n) is 3.27. The summed E-state index contributed by atoms with van der Waals surface area (Å²) in [5.74, 6) is 0.631. The van der Waals surface area contributed by atoms with Crippen LogP contribution >= 0.6 is 0 Å². The lowest BCUT2D eigenvalue weighted by Crippen LogP contribution is -1.87. The molecular weight excluding hydrogens is 350 g/mol. The van der Waals surface area contributed by atoms with E-state index >= 15 is 0 Å². The zero-order valence-corrected chi connectivity index (χ0v) is 15.0. The van der Waals surface area contributed by atoms with Crippen LogP contribution in [0.2, 0.25) is 0 Å². The smallest absolute Gasteiger partial charge is 0.187 e. The van der Waals surface area contributed by atoms with Crippen LogP contribution in [-0.4, -0.2) is 19.6 Å². The van der Waals surface area contributed by atoms with Gasteiger partial charge in [0, 0.05) is 24.0 Å². The van der Waals surface area contributed by atoms with E-state index in [2.05, 4.69) is 10.1 Å². The normalized spacial score (nSPS) is 11.2. The van der Waals surface area contributed by atoms with E-state index in [0.29, 0.717) is 5.76 Å². The van der Waals surface area contributed by atoms with Gasteiger partial charge in [-0.25, -0.2) is 4.98 Å². The van der Waals surface area contributed by atoms with Gasteiger partial charge in [-0.1, -0.05) is 53.7 Å². The van der Waals surface area contributed by atoms with E-state index in [0.717, 1.165) is 39.3 Å². The zero-order chi connectivity index (χ0) is 18.9. The Morgan fingerprint density at radius 3 is 2.50 bits per heavy atom. The summed E-state index contributed by atoms with van der Waals surface area (Å²) < 4.78 is 7.50. The second-order valence-corrected chi connectivity index (χ2v) is 6.61. The van der Waals surface area contributed by atoms with Crippen molar-refractivity contribution in [2.45, 2.75) is 6.61 Å². The first-order valence-electron chi connectivity index (χ1n) is 9.01. The third kappa shape index (κ3) is 2.98. The van der Waals surface area contributed by atoms with E-state index in [9.17, 15) is 5.11 Å². The molecule has 0 fully saturated rings. The largest absolute Gasteiger partial charge is 0.392 e. The number of aliphatic hydroxyl groups excluding tert-OH is 1. The Balaban J connectivity index is 1.51. The summed E-state index contributed by atoms with van der Waals surface area (Å²) in [5.41, 5.74) is 6.34. The van der Waals surface area contributed by atoms with Crippen molar-refractivity contribution in [1.82, 2.24) is 14.5 Å². The minimum Gasteiger partial charge on any atom is -0.392 e. The van der Waals surface area contributed by atoms with Gasteiger partial charge in [0.15, 0.2) is 5.76 Å². The molecule has 1 N–H and O–H groups in total. The van der Waals surface area contributed by atoms with Crippen molar-refractivity contribution in [1.29, 1.82) is 0 Å². The molecule has 0 aliphatic rings. The van der Waals surface area contributed by atoms with Crippen molar-refractivity contribution in [3.8, 4) is 33.8 Å². The first-order valence-corrected chi connectivity index (χ1v) is 9.01. The summed E-state index contributed by atoms with van der Waals surface area (Å²) in [6, 6.07) is 23.7. The number of aliphatic hydroxyl groups is 1. The number of pyridine rings is 1. The van der Waals surface area contributed by atoms with Crippen molar-refractivity contribution < 1.29 is 9.63 Å². The van der Waals surface area contributed by atoms with Crippen molar-refractivity contribution >= 4 is 5.65 Å². The van der Waals surface area contributed by atoms with Crippen LogP contribution < -0.4 is 0 Å². The van der Waals surface area contributed by atoms with Gasteiger partial charge >= 0.3 is 0 Å². The molecule has 0 amide bonds. The summed E-state index contributed by atoms with van der Waals surface area (Å²) in [4.78, 5) is 4.65. The monoisotopic (exact) mass is 367 g/mol. The van der Waals surface area contributed by atoms with Gasteiger partial charge in [0.05, 0.1) is 6.61 Å². The molecule has 2 aromatic carbocycles. The molecule has 0 bridgehead atoms. The number of fused-ring (bicyclic) bond motifs is 1. The van der Waals surface area contributed by atoms with Crippen molar-refractivity contribution in [3.05, 3.63) is 90.8 Å². The van der Waals surface area contributed by atoms with Gasteiger partial charge in [-0.05, 0) is 34.9 Å². The van der Waals surface area contributed by atoms with Crippen LogP contribution in [0.1, 0.15) is 5.56 Å². The van der Waals surface area contributed by atoms with E-state index in [1.165, 1.54) is 0 Å². The summed E-state index contributed by atoms with van der Waals surface area (Å²) in [5, 5.41) is 13.5. The van der Waals surface area contributed by atoms with Crippen LogP contribution in [0.3, 0.4) is 0 Å². The molecule has 5 aromatic rings. The molecule has 3 aromatic heterocycles. The molecule has 0 saturated carbocycles. The minimum atomic E-state index is 0.0283. The molecule has 0 aliphatic carbocycles. The predicted molar refractivity (Wildman–Crippen MR) is 107 cm³/mol. The maximum Gasteiger partial charge on any atom is 0.187 e. The Morgan fingerprint density at radius 2 is 1.64 bits per heavy atom. The average Bonchev–Trinajstić information content (AvgIpc) is 3.41. The Kier molecular flexibility index (Phi) is 4.00. The maximum absolute atomic E-state index is 9.36. The van der Waals surface area contributed by atoms with Gasteiger partial charge < -0.3 is 14.0 Å². The molecule has 136 valence electrons. The Hall–Kier alpha value is -3.70. The highest BCUT2D eigenvalue weighted by molar-refractivity contribution is 5.69. The summed E-state index contributed by atoms with van der Waals surface area (Å²) in [7, 11) is 0. The van der Waals surface area contributed by atoms with E-state index in [1.54, 1.807) is 0 Å². The Labute approximate surface area is 161 Å². The van der Waals surface area contributed by atoms with Crippen LogP contribution in [0.25, 0.3) is 39.5 Å². The first-order chi connectivity index (χ1) is 13.8. The number of nitrogens with zero attached hydrogens (tertiary/aromatic N) is 3. The van der Waals surface area contributed by atoms with Crippen molar-refractivity contribution in [2.75, 3.05) is 0 Å². The van der Waals surface area contributed by atoms with Crippen molar-refractivity contribution in [2.24, 2.45) is 0 Å². The standard InChI is InChI=1S/C23H17N3O2/c27-15-16-5-4-8-18(11-16)19-9-10-23-24-21(14-26(23)13-19)22-12-20(25-28-22)17-6-2-1-3-7-17/h1-14,27H,15H2. The fraction of sp³-hybridized carbons (Fsp3) is 0.0435. The number of aromatic nitrogens is 3. The molecule has 3 heterocycles. The molecule has 0 aliphatic heterocycles. The highest BCUT2D eigenvalue weighted by Gasteiger charge is 2.12. The predicted octanol–water partition coefficient (Wildman–Crippen LogP) is 4.82. The Bertz CT molecular complexity index is 1260. The molecule has 5 rings (SSSR count). The van der Waals surface area contributed by atoms with Gasteiger partial charge in [0.25, 0.3) is 0 Å². The number of rotatable bonds is 4. The lowest BCUT2D eigenvalue weighted by Gasteiger charge is -2.04. The number of hydrogen-bond donors (Lipinski definition) is 1. The number of hydrogen-bond acceptors (Lipinski definition) is 4. The van der Waals surface area contributed by atoms with Crippen LogP contribution in [0.15, 0.2) is 89.7 Å². The zero-order valence-electron chi connectivity index (χ0n) is 15.0. The van der Waals surface area contributed by atoms with Gasteiger partial charge in [-0.15, -0.1) is 0 Å². The van der Waals surface area contributed by atoms with Crippen LogP contribution in [0.5, 0.6) is 0 Å². The molecule has 0 unspecified atom stereocenters. The molecule has 28 heavy (non-hydrogen) atoms. The van der Waals surface area contributed by atoms with E-state index in [-0.39, 0.29) is 6.61 Å². The molecule has 0 atom stereocenters. The molecule has 5 nitrogen and oxygen atoms in total. The fourth-order valence-corrected chi connectivity index (χ4v) is 3.27. The Morgan fingerprint density at radius 1 is 0.786 bits per heavy atom. The third-order valence-corrected chi connectivity index (χ3v) is 4.73. The summed E-state index contributed by atoms with van der Waals surface area (Å²) in [6.45, 7) is 0.0283. The topological polar surface area (TPSA) is 63.6 Å². The second kappa shape index (κ2) is 6.79. The number of benzene rings is 2. The molecule has 5 heteroatoms. The number of imidazole rings is 1. The van der Waals surface area contributed by atoms with E-state index in [4.69, 9.17) is 4.52 Å². The maximum atomic E-state index is 9.36. The van der Waals surface area contributed by atoms with E-state index < -0.39 is 0 Å². The lowest BCUT2D eigenvalue weighted by molar-refractivity contribution is 0.282. The molecule has 0 radical (unpaired) electrons. The first kappa shape index (κ1) is 16.5. The van der Waals surface area contributed by atoms with Gasteiger partial charge in [-0.3, -0.25) is 0 Å². The second-order valence-electron chi connectivity index (χ2n) is 6.61. The van der Waals surface area contributed by atoms with Crippen LogP contribution in [0, 0.1) is 0 Å².